The molecule has 1 aromatic rings. The number of esters is 1. The van der Waals surface area contributed by atoms with E-state index in [0.29, 0.717) is 11.1 Å². The third-order valence-corrected chi connectivity index (χ3v) is 4.08. The first-order valence-electron chi connectivity index (χ1n) is 8.80. The predicted octanol–water partition coefficient (Wildman–Crippen LogP) is 2.99. The molecule has 7 nitrogen and oxygen atoms in total. The summed E-state index contributed by atoms with van der Waals surface area (Å²) in [5, 5.41) is 15.0. The molecule has 3 amide bonds. The minimum atomic E-state index is -1.15. The zero-order chi connectivity index (χ0) is 21.2. The molecule has 0 radical (unpaired) electrons. The lowest BCUT2D eigenvalue weighted by atomic mass is 9.78. The van der Waals surface area contributed by atoms with Gasteiger partial charge < -0.3 is 15.2 Å². The number of carbonyl (C=O) groups is 3. The summed E-state index contributed by atoms with van der Waals surface area (Å²) in [5.74, 6) is -1.28. The number of amides is 3. The quantitative estimate of drug-likeness (QED) is 0.701. The summed E-state index contributed by atoms with van der Waals surface area (Å²) in [4.78, 5) is 35.7. The first kappa shape index (κ1) is 22.5. The Kier molecular flexibility index (Phi) is 6.64. The number of rotatable bonds is 3. The number of imide groups is 1. The van der Waals surface area contributed by atoms with E-state index >= 15 is 0 Å². The van der Waals surface area contributed by atoms with E-state index in [1.807, 2.05) is 41.5 Å². The van der Waals surface area contributed by atoms with Crippen molar-refractivity contribution < 1.29 is 24.2 Å². The Morgan fingerprint density at radius 2 is 1.44 bits per heavy atom. The van der Waals surface area contributed by atoms with Gasteiger partial charge in [-0.3, -0.25) is 10.1 Å². The highest BCUT2D eigenvalue weighted by Gasteiger charge is 2.29. The van der Waals surface area contributed by atoms with Gasteiger partial charge in [-0.15, -0.1) is 0 Å². The fraction of sp³-hybridized carbons (Fsp3) is 0.550. The SMILES string of the molecule is CNC(=O)NC(=O)[C@@H](C)OC(=O)c1cc(C(C)(C)C)c(O)c(C(C)(C)C)c1. The van der Waals surface area contributed by atoms with Crippen molar-refractivity contribution in [1.29, 1.82) is 0 Å². The van der Waals surface area contributed by atoms with Gasteiger partial charge in [-0.25, -0.2) is 9.59 Å². The summed E-state index contributed by atoms with van der Waals surface area (Å²) in [6.45, 7) is 13.0. The number of urea groups is 1. The molecule has 27 heavy (non-hydrogen) atoms. The molecule has 0 saturated carbocycles. The van der Waals surface area contributed by atoms with Crippen molar-refractivity contribution in [1.82, 2.24) is 10.6 Å². The van der Waals surface area contributed by atoms with Crippen molar-refractivity contribution in [3.8, 4) is 5.75 Å². The summed E-state index contributed by atoms with van der Waals surface area (Å²) in [6.07, 6.45) is -1.15. The maximum atomic E-state index is 12.6. The molecule has 0 aliphatic rings. The van der Waals surface area contributed by atoms with Gasteiger partial charge in [-0.05, 0) is 29.9 Å². The predicted molar refractivity (Wildman–Crippen MR) is 103 cm³/mol. The van der Waals surface area contributed by atoms with Crippen molar-refractivity contribution in [3.63, 3.8) is 0 Å². The summed E-state index contributed by atoms with van der Waals surface area (Å²) >= 11 is 0. The minimum absolute atomic E-state index is 0.150. The zero-order valence-corrected chi connectivity index (χ0v) is 17.3. The Labute approximate surface area is 160 Å². The van der Waals surface area contributed by atoms with Crippen LogP contribution in [0.25, 0.3) is 0 Å². The maximum absolute atomic E-state index is 12.6. The second-order valence-electron chi connectivity index (χ2n) is 8.54. The van der Waals surface area contributed by atoms with Gasteiger partial charge in [0.2, 0.25) is 0 Å². The van der Waals surface area contributed by atoms with Gasteiger partial charge in [0.1, 0.15) is 5.75 Å². The van der Waals surface area contributed by atoms with Crippen LogP contribution in [0.5, 0.6) is 5.75 Å². The Morgan fingerprint density at radius 1 is 1.00 bits per heavy atom. The summed E-state index contributed by atoms with van der Waals surface area (Å²) in [5.41, 5.74) is 0.668. The van der Waals surface area contributed by atoms with Gasteiger partial charge in [-0.2, -0.15) is 0 Å². The molecule has 0 saturated heterocycles. The number of phenolic OH excluding ortho intramolecular Hbond substituents is 1. The third kappa shape index (κ3) is 5.70. The minimum Gasteiger partial charge on any atom is -0.507 e. The largest absolute Gasteiger partial charge is 0.507 e. The van der Waals surface area contributed by atoms with Crippen molar-refractivity contribution >= 4 is 17.9 Å². The van der Waals surface area contributed by atoms with Crippen molar-refractivity contribution in [2.45, 2.75) is 65.4 Å². The van der Waals surface area contributed by atoms with Crippen LogP contribution in [0.15, 0.2) is 12.1 Å². The van der Waals surface area contributed by atoms with E-state index in [4.69, 9.17) is 4.74 Å². The van der Waals surface area contributed by atoms with Gasteiger partial charge in [0.05, 0.1) is 5.56 Å². The molecule has 1 rings (SSSR count). The molecule has 0 unspecified atom stereocenters. The maximum Gasteiger partial charge on any atom is 0.338 e. The molecule has 7 heteroatoms. The van der Waals surface area contributed by atoms with Crippen LogP contribution in [-0.2, 0) is 20.4 Å². The van der Waals surface area contributed by atoms with Gasteiger partial charge in [0, 0.05) is 18.2 Å². The van der Waals surface area contributed by atoms with Crippen LogP contribution >= 0.6 is 0 Å². The Balaban J connectivity index is 3.23. The Bertz CT molecular complexity index is 707. The average molecular weight is 378 g/mol. The molecule has 0 bridgehead atoms. The van der Waals surface area contributed by atoms with Gasteiger partial charge in [0.15, 0.2) is 6.10 Å². The van der Waals surface area contributed by atoms with E-state index in [-0.39, 0.29) is 11.3 Å². The second kappa shape index (κ2) is 7.98. The highest BCUT2D eigenvalue weighted by Crippen LogP contribution is 2.39. The standard InChI is InChI=1S/C20H30N2O5/c1-11(16(24)22-18(26)21-8)27-17(25)12-9-13(19(2,3)4)15(23)14(10-12)20(5,6)7/h9-11,23H,1-8H3,(H2,21,22,24,26)/t11-/m1/s1. The Hall–Kier alpha value is -2.57. The van der Waals surface area contributed by atoms with Crippen LogP contribution in [0, 0.1) is 0 Å². The number of ether oxygens (including phenoxy) is 1. The lowest BCUT2D eigenvalue weighted by Gasteiger charge is -2.28. The normalized spacial score (nSPS) is 12.9. The molecule has 0 heterocycles. The van der Waals surface area contributed by atoms with Crippen LogP contribution in [0.3, 0.4) is 0 Å². The highest BCUT2D eigenvalue weighted by molar-refractivity contribution is 5.98. The molecule has 1 atom stereocenters. The zero-order valence-electron chi connectivity index (χ0n) is 17.3. The smallest absolute Gasteiger partial charge is 0.338 e. The first-order valence-corrected chi connectivity index (χ1v) is 8.80. The molecule has 150 valence electrons. The lowest BCUT2D eigenvalue weighted by Crippen LogP contribution is -2.43. The van der Waals surface area contributed by atoms with Crippen LogP contribution < -0.4 is 10.6 Å². The third-order valence-electron chi connectivity index (χ3n) is 4.08. The number of nitrogens with one attached hydrogen (secondary N) is 2. The van der Waals surface area contributed by atoms with Gasteiger partial charge in [-0.1, -0.05) is 41.5 Å². The molecule has 0 spiro atoms. The van der Waals surface area contributed by atoms with Gasteiger partial charge in [0.25, 0.3) is 5.91 Å². The molecule has 0 aliphatic carbocycles. The van der Waals surface area contributed by atoms with Crippen molar-refractivity contribution in [2.24, 2.45) is 0 Å². The average Bonchev–Trinajstić information content (AvgIpc) is 2.52. The van der Waals surface area contributed by atoms with E-state index in [0.717, 1.165) is 0 Å². The number of aromatic hydroxyl groups is 1. The van der Waals surface area contributed by atoms with E-state index < -0.39 is 34.8 Å². The molecule has 0 fully saturated rings. The van der Waals surface area contributed by atoms with Crippen LogP contribution in [0.2, 0.25) is 0 Å². The van der Waals surface area contributed by atoms with E-state index in [2.05, 4.69) is 10.6 Å². The fourth-order valence-corrected chi connectivity index (χ4v) is 2.45. The van der Waals surface area contributed by atoms with Crippen LogP contribution in [0.4, 0.5) is 4.79 Å². The number of carbonyl (C=O) groups excluding carboxylic acids is 3. The molecule has 0 aromatic heterocycles. The van der Waals surface area contributed by atoms with E-state index in [1.54, 1.807) is 12.1 Å². The lowest BCUT2D eigenvalue weighted by molar-refractivity contribution is -0.127. The topological polar surface area (TPSA) is 105 Å². The second-order valence-corrected chi connectivity index (χ2v) is 8.54. The Morgan fingerprint density at radius 3 is 1.81 bits per heavy atom. The molecule has 0 aliphatic heterocycles. The van der Waals surface area contributed by atoms with Crippen LogP contribution in [0.1, 0.15) is 70.0 Å². The highest BCUT2D eigenvalue weighted by atomic mass is 16.5. The summed E-state index contributed by atoms with van der Waals surface area (Å²) in [6, 6.07) is 2.48. The summed E-state index contributed by atoms with van der Waals surface area (Å²) in [7, 11) is 1.37. The van der Waals surface area contributed by atoms with Crippen molar-refractivity contribution in [3.05, 3.63) is 28.8 Å². The number of phenols is 1. The van der Waals surface area contributed by atoms with Crippen LogP contribution in [-0.4, -0.2) is 36.2 Å². The number of hydrogen-bond donors (Lipinski definition) is 3. The number of benzene rings is 1. The summed E-state index contributed by atoms with van der Waals surface area (Å²) < 4.78 is 5.21. The fourth-order valence-electron chi connectivity index (χ4n) is 2.45. The van der Waals surface area contributed by atoms with Gasteiger partial charge >= 0.3 is 12.0 Å². The molecular weight excluding hydrogens is 348 g/mol. The first-order chi connectivity index (χ1) is 12.2. The van der Waals surface area contributed by atoms with E-state index in [1.165, 1.54) is 14.0 Å². The van der Waals surface area contributed by atoms with Crippen molar-refractivity contribution in [2.75, 3.05) is 7.05 Å². The molecule has 3 N–H and O–H groups in total. The number of hydrogen-bond acceptors (Lipinski definition) is 5. The monoisotopic (exact) mass is 378 g/mol. The molecule has 1 aromatic carbocycles. The molecular formula is C20H30N2O5. The van der Waals surface area contributed by atoms with E-state index in [9.17, 15) is 19.5 Å².